The number of thiol groups is 1. The first-order chi connectivity index (χ1) is 8.69. The van der Waals surface area contributed by atoms with Gasteiger partial charge in [0.1, 0.15) is 5.75 Å². The molecule has 0 aromatic heterocycles. The number of alkyl halides is 2. The Kier molecular flexibility index (Phi) is 8.44. The normalized spacial score (nSPS) is 14.2. The topological polar surface area (TPSA) is 9.23 Å². The highest BCUT2D eigenvalue weighted by atomic mass is 79.9. The van der Waals surface area contributed by atoms with Crippen molar-refractivity contribution in [3.8, 4) is 5.75 Å². The van der Waals surface area contributed by atoms with E-state index >= 15 is 0 Å². The van der Waals surface area contributed by atoms with Crippen molar-refractivity contribution in [3.05, 3.63) is 24.3 Å². The van der Waals surface area contributed by atoms with E-state index < -0.39 is 0 Å². The zero-order chi connectivity index (χ0) is 13.4. The summed E-state index contributed by atoms with van der Waals surface area (Å²) in [5, 5.41) is 1.14. The van der Waals surface area contributed by atoms with Gasteiger partial charge in [0.05, 0.1) is 0 Å². The molecule has 1 rings (SSSR count). The minimum Gasteiger partial charge on any atom is -0.478 e. The molecule has 0 aliphatic carbocycles. The molecule has 1 aromatic rings. The van der Waals surface area contributed by atoms with E-state index in [-0.39, 0.29) is 5.01 Å². The third-order valence-electron chi connectivity index (χ3n) is 2.96. The number of benzene rings is 1. The van der Waals surface area contributed by atoms with Crippen molar-refractivity contribution in [2.24, 2.45) is 5.92 Å². The Hall–Kier alpha value is 0.330. The molecular weight excluding hydrogens is 376 g/mol. The minimum absolute atomic E-state index is 0.0612. The van der Waals surface area contributed by atoms with E-state index in [9.17, 15) is 0 Å². The van der Waals surface area contributed by atoms with Crippen LogP contribution in [0.2, 0.25) is 0 Å². The summed E-state index contributed by atoms with van der Waals surface area (Å²) in [6, 6.07) is 7.85. The highest BCUT2D eigenvalue weighted by Gasteiger charge is 2.19. The average molecular weight is 396 g/mol. The van der Waals surface area contributed by atoms with Gasteiger partial charge in [-0.15, -0.1) is 12.6 Å². The third-order valence-corrected chi connectivity index (χ3v) is 4.82. The van der Waals surface area contributed by atoms with Crippen molar-refractivity contribution in [1.29, 1.82) is 0 Å². The van der Waals surface area contributed by atoms with Crippen LogP contribution in [0.15, 0.2) is 29.2 Å². The van der Waals surface area contributed by atoms with E-state index in [0.29, 0.717) is 5.92 Å². The molecule has 0 amide bonds. The smallest absolute Gasteiger partial charge is 0.156 e. The monoisotopic (exact) mass is 394 g/mol. The molecule has 0 bridgehead atoms. The summed E-state index contributed by atoms with van der Waals surface area (Å²) in [5.41, 5.74) is 0. The van der Waals surface area contributed by atoms with Gasteiger partial charge in [0.2, 0.25) is 0 Å². The maximum absolute atomic E-state index is 5.96. The Morgan fingerprint density at radius 1 is 1.28 bits per heavy atom. The maximum Gasteiger partial charge on any atom is 0.156 e. The first kappa shape index (κ1) is 16.4. The molecule has 0 N–H and O–H groups in total. The van der Waals surface area contributed by atoms with Crippen LogP contribution in [-0.4, -0.2) is 10.3 Å². The van der Waals surface area contributed by atoms with Crippen LogP contribution in [0.25, 0.3) is 0 Å². The molecule has 0 heterocycles. The van der Waals surface area contributed by atoms with Crippen LogP contribution in [0.5, 0.6) is 5.75 Å². The number of ether oxygens (including phenoxy) is 1. The van der Waals surface area contributed by atoms with Crippen molar-refractivity contribution in [2.75, 3.05) is 5.33 Å². The first-order valence-electron chi connectivity index (χ1n) is 6.33. The van der Waals surface area contributed by atoms with Crippen molar-refractivity contribution >= 4 is 44.5 Å². The highest BCUT2D eigenvalue weighted by molar-refractivity contribution is 9.09. The van der Waals surface area contributed by atoms with Crippen molar-refractivity contribution in [1.82, 2.24) is 0 Å². The van der Waals surface area contributed by atoms with Crippen LogP contribution in [-0.2, 0) is 0 Å². The summed E-state index contributed by atoms with van der Waals surface area (Å²) < 4.78 is 5.96. The molecule has 2 unspecified atom stereocenters. The molecule has 0 spiro atoms. The van der Waals surface area contributed by atoms with Gasteiger partial charge in [-0.25, -0.2) is 0 Å². The average Bonchev–Trinajstić information content (AvgIpc) is 2.37. The van der Waals surface area contributed by atoms with Crippen LogP contribution in [0.3, 0.4) is 0 Å². The van der Waals surface area contributed by atoms with Gasteiger partial charge in [-0.05, 0) is 47.3 Å². The van der Waals surface area contributed by atoms with E-state index in [2.05, 4.69) is 51.4 Å². The molecule has 1 nitrogen and oxygen atoms in total. The van der Waals surface area contributed by atoms with E-state index in [4.69, 9.17) is 4.74 Å². The van der Waals surface area contributed by atoms with Crippen molar-refractivity contribution < 1.29 is 4.74 Å². The van der Waals surface area contributed by atoms with Crippen LogP contribution < -0.4 is 4.74 Å². The second-order valence-electron chi connectivity index (χ2n) is 4.29. The SMILES string of the molecule is CCC(CCCCBr)C(Br)Oc1ccccc1S. The lowest BCUT2D eigenvalue weighted by Crippen LogP contribution is -2.20. The van der Waals surface area contributed by atoms with Crippen LogP contribution >= 0.6 is 44.5 Å². The fourth-order valence-corrected chi connectivity index (χ4v) is 3.25. The lowest BCUT2D eigenvalue weighted by Gasteiger charge is -2.23. The summed E-state index contributed by atoms with van der Waals surface area (Å²) >= 11 is 11.5. The summed E-state index contributed by atoms with van der Waals surface area (Å²) in [4.78, 5) is 0.886. The zero-order valence-corrected chi connectivity index (χ0v) is 14.7. The van der Waals surface area contributed by atoms with Gasteiger partial charge in [-0.2, -0.15) is 0 Å². The number of para-hydroxylation sites is 1. The number of halogens is 2. The van der Waals surface area contributed by atoms with Crippen LogP contribution in [0, 0.1) is 5.92 Å². The van der Waals surface area contributed by atoms with Gasteiger partial charge in [0.25, 0.3) is 0 Å². The molecule has 0 saturated carbocycles. The maximum atomic E-state index is 5.96. The van der Waals surface area contributed by atoms with Gasteiger partial charge in [-0.3, -0.25) is 0 Å². The summed E-state index contributed by atoms with van der Waals surface area (Å²) in [5.74, 6) is 1.39. The molecule has 0 aliphatic rings. The fourth-order valence-electron chi connectivity index (χ4n) is 1.80. The lowest BCUT2D eigenvalue weighted by atomic mass is 10.0. The van der Waals surface area contributed by atoms with E-state index in [1.165, 1.54) is 19.3 Å². The lowest BCUT2D eigenvalue weighted by molar-refractivity contribution is 0.203. The second-order valence-corrected chi connectivity index (χ2v) is 6.47. The Morgan fingerprint density at radius 2 is 2.00 bits per heavy atom. The largest absolute Gasteiger partial charge is 0.478 e. The quantitative estimate of drug-likeness (QED) is 0.339. The number of hydrogen-bond acceptors (Lipinski definition) is 2. The number of rotatable bonds is 8. The van der Waals surface area contributed by atoms with Gasteiger partial charge < -0.3 is 4.74 Å². The summed E-state index contributed by atoms with van der Waals surface area (Å²) in [7, 11) is 0. The predicted octanol–water partition coefficient (Wildman–Crippen LogP) is 5.67. The molecule has 0 aliphatic heterocycles. The van der Waals surface area contributed by atoms with Gasteiger partial charge in [0.15, 0.2) is 5.01 Å². The van der Waals surface area contributed by atoms with Crippen molar-refractivity contribution in [2.45, 2.75) is 42.5 Å². The second kappa shape index (κ2) is 9.27. The van der Waals surface area contributed by atoms with Gasteiger partial charge in [-0.1, -0.05) is 41.4 Å². The standard InChI is InChI=1S/C14H20Br2OS/c1-2-11(7-5-6-10-15)14(16)17-12-8-3-4-9-13(12)18/h3-4,8-9,11,14,18H,2,5-7,10H2,1H3. The fraction of sp³-hybridized carbons (Fsp3) is 0.571. The molecule has 18 heavy (non-hydrogen) atoms. The summed E-state index contributed by atoms with van der Waals surface area (Å²) in [6.07, 6.45) is 4.76. The van der Waals surface area contributed by atoms with E-state index in [1.54, 1.807) is 0 Å². The van der Waals surface area contributed by atoms with Crippen molar-refractivity contribution in [3.63, 3.8) is 0 Å². The summed E-state index contributed by atoms with van der Waals surface area (Å²) in [6.45, 7) is 2.21. The number of unbranched alkanes of at least 4 members (excludes halogenated alkanes) is 1. The Balaban J connectivity index is 2.51. The van der Waals surface area contributed by atoms with E-state index in [1.807, 2.05) is 24.3 Å². The Morgan fingerprint density at radius 3 is 2.61 bits per heavy atom. The molecular formula is C14H20Br2OS. The van der Waals surface area contributed by atoms with E-state index in [0.717, 1.165) is 22.4 Å². The highest BCUT2D eigenvalue weighted by Crippen LogP contribution is 2.29. The minimum atomic E-state index is 0.0612. The molecule has 1 aromatic carbocycles. The van der Waals surface area contributed by atoms with Crippen LogP contribution in [0.1, 0.15) is 32.6 Å². The van der Waals surface area contributed by atoms with Crippen LogP contribution in [0.4, 0.5) is 0 Å². The molecule has 4 heteroatoms. The first-order valence-corrected chi connectivity index (χ1v) is 8.82. The molecule has 102 valence electrons. The molecule has 2 atom stereocenters. The Bertz CT molecular complexity index is 346. The molecule has 0 fully saturated rings. The van der Waals surface area contributed by atoms with Gasteiger partial charge >= 0.3 is 0 Å². The molecule has 0 radical (unpaired) electrons. The number of hydrogen-bond donors (Lipinski definition) is 1. The zero-order valence-electron chi connectivity index (χ0n) is 10.6. The Labute approximate surface area is 132 Å². The van der Waals surface area contributed by atoms with Gasteiger partial charge in [0, 0.05) is 16.1 Å². The third kappa shape index (κ3) is 5.54. The predicted molar refractivity (Wildman–Crippen MR) is 88.5 cm³/mol. The molecule has 0 saturated heterocycles.